The molecule has 0 spiro atoms. The van der Waals surface area contributed by atoms with Gasteiger partial charge in [0.15, 0.2) is 0 Å². The van der Waals surface area contributed by atoms with Crippen molar-refractivity contribution >= 4 is 17.8 Å². The summed E-state index contributed by atoms with van der Waals surface area (Å²) < 4.78 is 0. The van der Waals surface area contributed by atoms with E-state index in [0.717, 1.165) is 5.56 Å². The highest BCUT2D eigenvalue weighted by Gasteiger charge is 1.95. The Kier molecular flexibility index (Phi) is 2.11. The molecule has 1 rings (SSSR count). The number of nitrogen functional groups attached to an aromatic ring is 1. The van der Waals surface area contributed by atoms with Crippen molar-refractivity contribution < 1.29 is 4.79 Å². The molecule has 3 heteroatoms. The van der Waals surface area contributed by atoms with E-state index in [9.17, 15) is 4.79 Å². The van der Waals surface area contributed by atoms with E-state index in [1.165, 1.54) is 0 Å². The van der Waals surface area contributed by atoms with E-state index < -0.39 is 0 Å². The number of nitrogens with two attached hydrogens (primary N) is 1. The lowest BCUT2D eigenvalue weighted by Gasteiger charge is -2.03. The van der Waals surface area contributed by atoms with E-state index in [1.54, 1.807) is 6.07 Å². The van der Waals surface area contributed by atoms with Crippen LogP contribution >= 0.6 is 0 Å². The summed E-state index contributed by atoms with van der Waals surface area (Å²) in [6.45, 7) is 1.95. The molecule has 0 atom stereocenters. The number of amides is 1. The number of nitrogens with one attached hydrogen (secondary N) is 1. The van der Waals surface area contributed by atoms with Gasteiger partial charge in [0.1, 0.15) is 0 Å². The largest absolute Gasteiger partial charge is 0.397 e. The fourth-order valence-corrected chi connectivity index (χ4v) is 0.877. The molecular weight excluding hydrogens is 140 g/mol. The summed E-state index contributed by atoms with van der Waals surface area (Å²) in [5, 5.41) is 2.50. The molecule has 0 saturated carbocycles. The van der Waals surface area contributed by atoms with Gasteiger partial charge in [-0.1, -0.05) is 6.07 Å². The highest BCUT2D eigenvalue weighted by Crippen LogP contribution is 2.18. The van der Waals surface area contributed by atoms with E-state index >= 15 is 0 Å². The molecule has 0 unspecified atom stereocenters. The Morgan fingerprint density at radius 3 is 2.82 bits per heavy atom. The first kappa shape index (κ1) is 7.60. The smallest absolute Gasteiger partial charge is 0.211 e. The third-order valence-electron chi connectivity index (χ3n) is 1.42. The Bertz CT molecular complexity index is 271. The Morgan fingerprint density at radius 2 is 2.27 bits per heavy atom. The fraction of sp³-hybridized carbons (Fsp3) is 0.125. The van der Waals surface area contributed by atoms with E-state index in [0.29, 0.717) is 17.8 Å². The van der Waals surface area contributed by atoms with Crippen molar-refractivity contribution in [2.24, 2.45) is 0 Å². The average Bonchev–Trinajstić information content (AvgIpc) is 1.95. The highest BCUT2D eigenvalue weighted by molar-refractivity contribution is 5.79. The summed E-state index contributed by atoms with van der Waals surface area (Å²) in [5.74, 6) is 0. The molecule has 0 aliphatic heterocycles. The van der Waals surface area contributed by atoms with Gasteiger partial charge in [0.2, 0.25) is 6.41 Å². The van der Waals surface area contributed by atoms with E-state index in [1.807, 2.05) is 19.1 Å². The van der Waals surface area contributed by atoms with Crippen LogP contribution in [0.1, 0.15) is 5.56 Å². The van der Waals surface area contributed by atoms with Gasteiger partial charge >= 0.3 is 0 Å². The van der Waals surface area contributed by atoms with Gasteiger partial charge < -0.3 is 11.1 Å². The molecule has 0 aromatic heterocycles. The van der Waals surface area contributed by atoms with Crippen LogP contribution in [0.4, 0.5) is 11.4 Å². The predicted octanol–water partition coefficient (Wildman–Crippen LogP) is 1.15. The van der Waals surface area contributed by atoms with Gasteiger partial charge in [-0.2, -0.15) is 0 Å². The molecule has 0 aliphatic rings. The molecule has 3 N–H and O–H groups in total. The lowest BCUT2D eigenvalue weighted by molar-refractivity contribution is -0.105. The summed E-state index contributed by atoms with van der Waals surface area (Å²) in [7, 11) is 0. The zero-order valence-corrected chi connectivity index (χ0v) is 6.29. The van der Waals surface area contributed by atoms with E-state index in [2.05, 4.69) is 5.32 Å². The second-order valence-electron chi connectivity index (χ2n) is 2.35. The third-order valence-corrected chi connectivity index (χ3v) is 1.42. The maximum absolute atomic E-state index is 10.0. The molecule has 58 valence electrons. The Hall–Kier alpha value is -1.51. The summed E-state index contributed by atoms with van der Waals surface area (Å²) in [5.41, 5.74) is 7.92. The molecule has 1 aromatic carbocycles. The van der Waals surface area contributed by atoms with Crippen LogP contribution in [0, 0.1) is 6.92 Å². The molecule has 11 heavy (non-hydrogen) atoms. The van der Waals surface area contributed by atoms with Crippen molar-refractivity contribution in [2.45, 2.75) is 6.92 Å². The van der Waals surface area contributed by atoms with Crippen molar-refractivity contribution in [3.8, 4) is 0 Å². The minimum atomic E-state index is 0.595. The zero-order valence-electron chi connectivity index (χ0n) is 6.29. The summed E-state index contributed by atoms with van der Waals surface area (Å²) >= 11 is 0. The molecule has 0 heterocycles. The van der Waals surface area contributed by atoms with Gasteiger partial charge in [0, 0.05) is 0 Å². The molecule has 0 saturated heterocycles. The number of aryl methyl sites for hydroxylation is 1. The van der Waals surface area contributed by atoms with Crippen LogP contribution in [0.5, 0.6) is 0 Å². The number of benzene rings is 1. The van der Waals surface area contributed by atoms with Gasteiger partial charge in [-0.25, -0.2) is 0 Å². The SMILES string of the molecule is Cc1ccc(NC=O)c(N)c1. The maximum atomic E-state index is 10.0. The first-order valence-electron chi connectivity index (χ1n) is 3.30. The van der Waals surface area contributed by atoms with Crippen molar-refractivity contribution in [1.29, 1.82) is 0 Å². The highest BCUT2D eigenvalue weighted by atomic mass is 16.1. The second-order valence-corrected chi connectivity index (χ2v) is 2.35. The van der Waals surface area contributed by atoms with Crippen LogP contribution in [0.3, 0.4) is 0 Å². The lowest BCUT2D eigenvalue weighted by Crippen LogP contribution is -1.98. The number of anilines is 2. The van der Waals surface area contributed by atoms with Crippen LogP contribution in [0.2, 0.25) is 0 Å². The van der Waals surface area contributed by atoms with Crippen LogP contribution in [0.15, 0.2) is 18.2 Å². The second kappa shape index (κ2) is 3.05. The van der Waals surface area contributed by atoms with Crippen LogP contribution in [-0.4, -0.2) is 6.41 Å². The molecule has 3 nitrogen and oxygen atoms in total. The maximum Gasteiger partial charge on any atom is 0.211 e. The zero-order chi connectivity index (χ0) is 8.27. The van der Waals surface area contributed by atoms with Crippen molar-refractivity contribution in [3.05, 3.63) is 23.8 Å². The number of hydrogen-bond acceptors (Lipinski definition) is 2. The normalized spacial score (nSPS) is 9.18. The summed E-state index contributed by atoms with van der Waals surface area (Å²) in [6.07, 6.45) is 0.612. The molecular formula is C8H10N2O. The topological polar surface area (TPSA) is 55.1 Å². The number of rotatable bonds is 2. The summed E-state index contributed by atoms with van der Waals surface area (Å²) in [6, 6.07) is 5.48. The Labute approximate surface area is 65.2 Å². The molecule has 0 bridgehead atoms. The van der Waals surface area contributed by atoms with Gasteiger partial charge in [-0.05, 0) is 24.6 Å². The molecule has 0 radical (unpaired) electrons. The standard InChI is InChI=1S/C8H10N2O/c1-6-2-3-8(10-5-11)7(9)4-6/h2-5H,9H2,1H3,(H,10,11). The van der Waals surface area contributed by atoms with Gasteiger partial charge in [-0.3, -0.25) is 4.79 Å². The number of hydrogen-bond donors (Lipinski definition) is 2. The first-order valence-corrected chi connectivity index (χ1v) is 3.30. The van der Waals surface area contributed by atoms with E-state index in [-0.39, 0.29) is 0 Å². The summed E-state index contributed by atoms with van der Waals surface area (Å²) in [4.78, 5) is 10.0. The molecule has 1 aromatic rings. The quantitative estimate of drug-likeness (QED) is 0.490. The molecule has 1 amide bonds. The van der Waals surface area contributed by atoms with Crippen molar-refractivity contribution in [1.82, 2.24) is 0 Å². The van der Waals surface area contributed by atoms with Gasteiger partial charge in [-0.15, -0.1) is 0 Å². The number of carbonyl (C=O) groups is 1. The van der Waals surface area contributed by atoms with E-state index in [4.69, 9.17) is 5.73 Å². The van der Waals surface area contributed by atoms with Gasteiger partial charge in [0.05, 0.1) is 11.4 Å². The average molecular weight is 150 g/mol. The van der Waals surface area contributed by atoms with Gasteiger partial charge in [0.25, 0.3) is 0 Å². The van der Waals surface area contributed by atoms with Crippen LogP contribution in [0.25, 0.3) is 0 Å². The minimum absolute atomic E-state index is 0.595. The van der Waals surface area contributed by atoms with Crippen molar-refractivity contribution in [2.75, 3.05) is 11.1 Å². The number of carbonyl (C=O) groups excluding carboxylic acids is 1. The monoisotopic (exact) mass is 150 g/mol. The fourth-order valence-electron chi connectivity index (χ4n) is 0.877. The Balaban J connectivity index is 2.98. The first-order chi connectivity index (χ1) is 5.24. The minimum Gasteiger partial charge on any atom is -0.397 e. The van der Waals surface area contributed by atoms with Crippen LogP contribution < -0.4 is 11.1 Å². The Morgan fingerprint density at radius 1 is 1.55 bits per heavy atom. The predicted molar refractivity (Wildman–Crippen MR) is 45.3 cm³/mol. The molecule has 0 fully saturated rings. The molecule has 0 aliphatic carbocycles. The van der Waals surface area contributed by atoms with Crippen LogP contribution in [-0.2, 0) is 4.79 Å². The third kappa shape index (κ3) is 1.70. The lowest BCUT2D eigenvalue weighted by atomic mass is 10.2. The van der Waals surface area contributed by atoms with Crippen molar-refractivity contribution in [3.63, 3.8) is 0 Å².